The second-order valence-corrected chi connectivity index (χ2v) is 6.97. The van der Waals surface area contributed by atoms with Crippen molar-refractivity contribution >= 4 is 29.9 Å². The van der Waals surface area contributed by atoms with Crippen LogP contribution in [0.25, 0.3) is 0 Å². The minimum absolute atomic E-state index is 0. The molecule has 0 saturated heterocycles. The molecule has 0 radical (unpaired) electrons. The lowest BCUT2D eigenvalue weighted by molar-refractivity contribution is 0.143. The number of nitrogens with one attached hydrogen (secondary N) is 1. The van der Waals surface area contributed by atoms with Crippen molar-refractivity contribution in [2.45, 2.75) is 32.9 Å². The van der Waals surface area contributed by atoms with Crippen molar-refractivity contribution in [3.63, 3.8) is 0 Å². The summed E-state index contributed by atoms with van der Waals surface area (Å²) < 4.78 is 12.3. The van der Waals surface area contributed by atoms with Crippen LogP contribution in [0.4, 0.5) is 0 Å². The van der Waals surface area contributed by atoms with Gasteiger partial charge in [0.15, 0.2) is 5.96 Å². The maximum absolute atomic E-state index is 5.49. The number of aliphatic imine (C=N–C) groups is 1. The number of guanidine groups is 1. The topological polar surface area (TPSA) is 76.8 Å². The Morgan fingerprint density at radius 1 is 1.31 bits per heavy atom. The number of ether oxygens (including phenoxy) is 2. The van der Waals surface area contributed by atoms with Crippen molar-refractivity contribution in [3.8, 4) is 5.88 Å². The van der Waals surface area contributed by atoms with Crippen LogP contribution in [0, 0.1) is 0 Å². The molecule has 0 aliphatic heterocycles. The van der Waals surface area contributed by atoms with E-state index in [-0.39, 0.29) is 24.0 Å². The summed E-state index contributed by atoms with van der Waals surface area (Å²) in [4.78, 5) is 10.8. The van der Waals surface area contributed by atoms with E-state index in [1.807, 2.05) is 30.9 Å². The first kappa shape index (κ1) is 25.2. The first-order valence-corrected chi connectivity index (χ1v) is 9.45. The van der Waals surface area contributed by atoms with Gasteiger partial charge in [-0.2, -0.15) is 5.10 Å². The average Bonchev–Trinajstić information content (AvgIpc) is 3.04. The summed E-state index contributed by atoms with van der Waals surface area (Å²) in [5, 5.41) is 7.96. The molecule has 0 aliphatic carbocycles. The van der Waals surface area contributed by atoms with Crippen LogP contribution >= 0.6 is 24.0 Å². The van der Waals surface area contributed by atoms with Gasteiger partial charge in [0.25, 0.3) is 0 Å². The number of aryl methyl sites for hydroxylation is 1. The molecule has 0 fully saturated rings. The maximum atomic E-state index is 5.49. The van der Waals surface area contributed by atoms with E-state index < -0.39 is 0 Å². The molecule has 29 heavy (non-hydrogen) atoms. The first-order valence-electron chi connectivity index (χ1n) is 9.45. The van der Waals surface area contributed by atoms with Crippen LogP contribution in [-0.4, -0.2) is 60.0 Å². The van der Waals surface area contributed by atoms with Gasteiger partial charge < -0.3 is 19.7 Å². The van der Waals surface area contributed by atoms with Crippen LogP contribution in [0.15, 0.2) is 29.5 Å². The number of hydrogen-bond acceptors (Lipinski definition) is 5. The summed E-state index contributed by atoms with van der Waals surface area (Å²) in [6, 6.07) is 3.86. The molecule has 162 valence electrons. The molecule has 1 N–H and O–H groups in total. The Morgan fingerprint density at radius 3 is 2.66 bits per heavy atom. The van der Waals surface area contributed by atoms with Gasteiger partial charge in [-0.25, -0.2) is 4.98 Å². The standard InChI is InChI=1S/C20H32N6O2.HI/c1-15(2)19-17(14-26(5)24-19)13-25(4)20(21-3)23-12-16-7-8-18(22-11-16)28-10-9-27-6;/h7-8,11,14-15H,9-10,12-13H2,1-6H3,(H,21,23);1H. The van der Waals surface area contributed by atoms with Crippen molar-refractivity contribution in [1.29, 1.82) is 0 Å². The highest BCUT2D eigenvalue weighted by molar-refractivity contribution is 14.0. The fourth-order valence-electron chi connectivity index (χ4n) is 2.89. The zero-order chi connectivity index (χ0) is 20.5. The quantitative estimate of drug-likeness (QED) is 0.239. The summed E-state index contributed by atoms with van der Waals surface area (Å²) in [7, 11) is 7.42. The van der Waals surface area contributed by atoms with Crippen molar-refractivity contribution < 1.29 is 9.47 Å². The highest BCUT2D eigenvalue weighted by Gasteiger charge is 2.15. The number of rotatable bonds is 9. The average molecular weight is 516 g/mol. The highest BCUT2D eigenvalue weighted by atomic mass is 127. The molecule has 9 heteroatoms. The van der Waals surface area contributed by atoms with Gasteiger partial charge in [-0.3, -0.25) is 9.67 Å². The van der Waals surface area contributed by atoms with E-state index in [9.17, 15) is 0 Å². The van der Waals surface area contributed by atoms with E-state index in [2.05, 4.69) is 45.3 Å². The molecule has 0 atom stereocenters. The predicted molar refractivity (Wildman–Crippen MR) is 126 cm³/mol. The van der Waals surface area contributed by atoms with Gasteiger partial charge in [0, 0.05) is 65.4 Å². The number of hydrogen-bond donors (Lipinski definition) is 1. The molecular weight excluding hydrogens is 483 g/mol. The van der Waals surface area contributed by atoms with Crippen LogP contribution in [0.5, 0.6) is 5.88 Å². The molecule has 0 unspecified atom stereocenters. The van der Waals surface area contributed by atoms with Crippen molar-refractivity contribution in [2.24, 2.45) is 12.0 Å². The third-order valence-corrected chi connectivity index (χ3v) is 4.25. The predicted octanol–water partition coefficient (Wildman–Crippen LogP) is 2.79. The summed E-state index contributed by atoms with van der Waals surface area (Å²) in [5.74, 6) is 1.80. The van der Waals surface area contributed by atoms with Gasteiger partial charge in [0.2, 0.25) is 5.88 Å². The molecule has 2 aromatic rings. The molecule has 8 nitrogen and oxygen atoms in total. The van der Waals surface area contributed by atoms with Gasteiger partial charge in [0.1, 0.15) is 6.61 Å². The largest absolute Gasteiger partial charge is 0.475 e. The Bertz CT molecular complexity index is 761. The zero-order valence-corrected chi connectivity index (χ0v) is 20.5. The Morgan fingerprint density at radius 2 is 2.07 bits per heavy atom. The van der Waals surface area contributed by atoms with Crippen molar-refractivity contribution in [3.05, 3.63) is 41.3 Å². The van der Waals surface area contributed by atoms with Crippen LogP contribution in [-0.2, 0) is 24.9 Å². The Balaban J connectivity index is 0.00000420. The lowest BCUT2D eigenvalue weighted by Crippen LogP contribution is -2.38. The SMILES string of the molecule is CN=C(NCc1ccc(OCCOC)nc1)N(C)Cc1cn(C)nc1C(C)C.I. The van der Waals surface area contributed by atoms with E-state index in [4.69, 9.17) is 9.47 Å². The van der Waals surface area contributed by atoms with Gasteiger partial charge >= 0.3 is 0 Å². The van der Waals surface area contributed by atoms with Gasteiger partial charge in [-0.05, 0) is 11.5 Å². The Hall–Kier alpha value is -1.88. The molecule has 0 spiro atoms. The fraction of sp³-hybridized carbons (Fsp3) is 0.550. The lowest BCUT2D eigenvalue weighted by Gasteiger charge is -2.22. The van der Waals surface area contributed by atoms with E-state index in [0.29, 0.717) is 31.6 Å². The van der Waals surface area contributed by atoms with Crippen LogP contribution in [0.1, 0.15) is 36.6 Å². The molecule has 2 rings (SSSR count). The van der Waals surface area contributed by atoms with Gasteiger partial charge in [-0.1, -0.05) is 19.9 Å². The number of pyridine rings is 1. The minimum atomic E-state index is 0. The Labute approximate surface area is 190 Å². The third-order valence-electron chi connectivity index (χ3n) is 4.25. The third kappa shape index (κ3) is 7.81. The molecule has 0 bridgehead atoms. The molecule has 2 aromatic heterocycles. The fourth-order valence-corrected chi connectivity index (χ4v) is 2.89. The number of methoxy groups -OCH3 is 1. The second kappa shape index (κ2) is 12.6. The summed E-state index contributed by atoms with van der Waals surface area (Å²) in [5.41, 5.74) is 3.39. The van der Waals surface area contributed by atoms with E-state index >= 15 is 0 Å². The maximum Gasteiger partial charge on any atom is 0.213 e. The summed E-state index contributed by atoms with van der Waals surface area (Å²) in [6.45, 7) is 6.73. The molecule has 0 aliphatic rings. The summed E-state index contributed by atoms with van der Waals surface area (Å²) >= 11 is 0. The minimum Gasteiger partial charge on any atom is -0.475 e. The Kier molecular flexibility index (Phi) is 11.0. The van der Waals surface area contributed by atoms with Crippen LogP contribution in [0.2, 0.25) is 0 Å². The molecule has 0 amide bonds. The second-order valence-electron chi connectivity index (χ2n) is 6.97. The molecule has 2 heterocycles. The number of halogens is 1. The lowest BCUT2D eigenvalue weighted by atomic mass is 10.1. The van der Waals surface area contributed by atoms with E-state index in [1.54, 1.807) is 20.4 Å². The number of nitrogens with zero attached hydrogens (tertiary/aromatic N) is 5. The monoisotopic (exact) mass is 516 g/mol. The molecule has 0 aromatic carbocycles. The first-order chi connectivity index (χ1) is 13.4. The smallest absolute Gasteiger partial charge is 0.213 e. The molecular formula is C20H33IN6O2. The zero-order valence-electron chi connectivity index (χ0n) is 18.2. The van der Waals surface area contributed by atoms with Gasteiger partial charge in [0.05, 0.1) is 12.3 Å². The van der Waals surface area contributed by atoms with Crippen molar-refractivity contribution in [2.75, 3.05) is 34.4 Å². The molecule has 0 saturated carbocycles. The number of aromatic nitrogens is 3. The van der Waals surface area contributed by atoms with Crippen LogP contribution < -0.4 is 10.1 Å². The van der Waals surface area contributed by atoms with Crippen molar-refractivity contribution in [1.82, 2.24) is 25.0 Å². The van der Waals surface area contributed by atoms with E-state index in [1.165, 1.54) is 5.56 Å². The normalized spacial score (nSPS) is 11.3. The van der Waals surface area contributed by atoms with E-state index in [0.717, 1.165) is 23.8 Å². The van der Waals surface area contributed by atoms with Crippen LogP contribution in [0.3, 0.4) is 0 Å². The summed E-state index contributed by atoms with van der Waals surface area (Å²) in [6.07, 6.45) is 3.88. The highest BCUT2D eigenvalue weighted by Crippen LogP contribution is 2.18. The van der Waals surface area contributed by atoms with Gasteiger partial charge in [-0.15, -0.1) is 24.0 Å².